The van der Waals surface area contributed by atoms with Gasteiger partial charge in [-0.15, -0.1) is 11.3 Å². The van der Waals surface area contributed by atoms with E-state index in [9.17, 15) is 4.79 Å². The summed E-state index contributed by atoms with van der Waals surface area (Å²) in [6.45, 7) is 2.41. The number of ether oxygens (including phenoxy) is 1. The number of rotatable bonds is 5. The van der Waals surface area contributed by atoms with Crippen molar-refractivity contribution in [1.29, 1.82) is 0 Å². The standard InChI is InChI=1S/C15H15Cl2NO2S/c1-9-3-6-14(21-9)13(20-2)8-18-15(19)11-7-10(16)4-5-12(11)17/h3-7,13H,8H2,1-2H3,(H,18,19). The van der Waals surface area contributed by atoms with Crippen molar-refractivity contribution in [1.82, 2.24) is 5.32 Å². The minimum absolute atomic E-state index is 0.175. The van der Waals surface area contributed by atoms with Crippen LogP contribution in [0.4, 0.5) is 0 Å². The first-order valence-electron chi connectivity index (χ1n) is 6.33. The van der Waals surface area contributed by atoms with Crippen LogP contribution in [0.15, 0.2) is 30.3 Å². The average molecular weight is 344 g/mol. The number of benzene rings is 1. The van der Waals surface area contributed by atoms with Crippen LogP contribution in [0.3, 0.4) is 0 Å². The third-order valence-electron chi connectivity index (χ3n) is 2.98. The highest BCUT2D eigenvalue weighted by Gasteiger charge is 2.16. The van der Waals surface area contributed by atoms with Crippen LogP contribution >= 0.6 is 34.5 Å². The van der Waals surface area contributed by atoms with Crippen LogP contribution < -0.4 is 5.32 Å². The molecule has 1 aromatic carbocycles. The van der Waals surface area contributed by atoms with Crippen molar-refractivity contribution >= 4 is 40.4 Å². The minimum Gasteiger partial charge on any atom is -0.374 e. The molecule has 1 N–H and O–H groups in total. The van der Waals surface area contributed by atoms with Crippen LogP contribution in [0.25, 0.3) is 0 Å². The zero-order valence-electron chi connectivity index (χ0n) is 11.7. The zero-order chi connectivity index (χ0) is 15.4. The van der Waals surface area contributed by atoms with E-state index in [0.717, 1.165) is 4.88 Å². The highest BCUT2D eigenvalue weighted by atomic mass is 35.5. The molecule has 0 saturated carbocycles. The molecule has 1 unspecified atom stereocenters. The van der Waals surface area contributed by atoms with Gasteiger partial charge in [-0.05, 0) is 37.3 Å². The summed E-state index contributed by atoms with van der Waals surface area (Å²) in [6.07, 6.45) is -0.175. The summed E-state index contributed by atoms with van der Waals surface area (Å²) < 4.78 is 5.43. The number of halogens is 2. The van der Waals surface area contributed by atoms with Crippen LogP contribution in [0, 0.1) is 6.92 Å². The van der Waals surface area contributed by atoms with Gasteiger partial charge in [-0.2, -0.15) is 0 Å². The molecule has 0 aliphatic rings. The molecule has 2 rings (SSSR count). The molecule has 0 bridgehead atoms. The van der Waals surface area contributed by atoms with Crippen molar-refractivity contribution in [3.63, 3.8) is 0 Å². The average Bonchev–Trinajstić information content (AvgIpc) is 2.88. The van der Waals surface area contributed by atoms with Gasteiger partial charge in [-0.25, -0.2) is 0 Å². The predicted molar refractivity (Wildman–Crippen MR) is 87.6 cm³/mol. The van der Waals surface area contributed by atoms with Gasteiger partial charge in [0.05, 0.1) is 10.6 Å². The summed E-state index contributed by atoms with van der Waals surface area (Å²) >= 11 is 13.5. The molecule has 3 nitrogen and oxygen atoms in total. The Morgan fingerprint density at radius 1 is 1.33 bits per heavy atom. The monoisotopic (exact) mass is 343 g/mol. The van der Waals surface area contributed by atoms with E-state index in [0.29, 0.717) is 22.2 Å². The number of nitrogens with one attached hydrogen (secondary N) is 1. The smallest absolute Gasteiger partial charge is 0.252 e. The second-order valence-corrected chi connectivity index (χ2v) is 6.67. The Morgan fingerprint density at radius 2 is 2.10 bits per heavy atom. The number of carbonyl (C=O) groups excluding carboxylic acids is 1. The van der Waals surface area contributed by atoms with E-state index in [4.69, 9.17) is 27.9 Å². The van der Waals surface area contributed by atoms with Gasteiger partial charge in [0.1, 0.15) is 6.10 Å². The van der Waals surface area contributed by atoms with Crippen LogP contribution in [-0.2, 0) is 4.74 Å². The van der Waals surface area contributed by atoms with E-state index in [2.05, 4.69) is 5.32 Å². The molecular weight excluding hydrogens is 329 g/mol. The lowest BCUT2D eigenvalue weighted by Gasteiger charge is -2.15. The Bertz CT molecular complexity index is 642. The molecular formula is C15H15Cl2NO2S. The molecule has 2 aromatic rings. The molecule has 1 atom stereocenters. The molecule has 0 fully saturated rings. The SMILES string of the molecule is COC(CNC(=O)c1cc(Cl)ccc1Cl)c1ccc(C)s1. The fourth-order valence-electron chi connectivity index (χ4n) is 1.88. The predicted octanol–water partition coefficient (Wildman–Crippen LogP) is 4.48. The first kappa shape index (κ1) is 16.3. The third kappa shape index (κ3) is 4.20. The van der Waals surface area contributed by atoms with Gasteiger partial charge in [-0.1, -0.05) is 23.2 Å². The number of thiophene rings is 1. The third-order valence-corrected chi connectivity index (χ3v) is 4.64. The first-order valence-corrected chi connectivity index (χ1v) is 7.91. The number of hydrogen-bond donors (Lipinski definition) is 1. The summed E-state index contributed by atoms with van der Waals surface area (Å²) in [4.78, 5) is 14.4. The van der Waals surface area contributed by atoms with Crippen LogP contribution in [0.5, 0.6) is 0 Å². The van der Waals surface area contributed by atoms with Crippen LogP contribution in [0.2, 0.25) is 10.0 Å². The van der Waals surface area contributed by atoms with Gasteiger partial charge in [0.25, 0.3) is 5.91 Å². The maximum atomic E-state index is 12.2. The van der Waals surface area contributed by atoms with E-state index in [1.807, 2.05) is 19.1 Å². The van der Waals surface area contributed by atoms with Crippen LogP contribution in [0.1, 0.15) is 26.2 Å². The van der Waals surface area contributed by atoms with E-state index in [1.165, 1.54) is 4.88 Å². The summed E-state index contributed by atoms with van der Waals surface area (Å²) in [5.74, 6) is -0.266. The topological polar surface area (TPSA) is 38.3 Å². The molecule has 112 valence electrons. The van der Waals surface area contributed by atoms with Crippen molar-refractivity contribution in [2.75, 3.05) is 13.7 Å². The van der Waals surface area contributed by atoms with Crippen molar-refractivity contribution in [2.45, 2.75) is 13.0 Å². The van der Waals surface area contributed by atoms with Crippen molar-refractivity contribution in [3.05, 3.63) is 55.7 Å². The maximum Gasteiger partial charge on any atom is 0.252 e. The van der Waals surface area contributed by atoms with E-state index < -0.39 is 0 Å². The molecule has 0 aliphatic carbocycles. The molecule has 1 heterocycles. The number of amides is 1. The molecule has 0 spiro atoms. The van der Waals surface area contributed by atoms with Gasteiger partial charge < -0.3 is 10.1 Å². The summed E-state index contributed by atoms with van der Waals surface area (Å²) in [5.41, 5.74) is 0.362. The lowest BCUT2D eigenvalue weighted by atomic mass is 10.2. The highest BCUT2D eigenvalue weighted by Crippen LogP contribution is 2.25. The normalized spacial score (nSPS) is 12.2. The summed E-state index contributed by atoms with van der Waals surface area (Å²) in [5, 5.41) is 3.67. The minimum atomic E-state index is -0.266. The van der Waals surface area contributed by atoms with Crippen molar-refractivity contribution in [3.8, 4) is 0 Å². The fourth-order valence-corrected chi connectivity index (χ4v) is 3.21. The summed E-state index contributed by atoms with van der Waals surface area (Å²) in [6, 6.07) is 8.84. The van der Waals surface area contributed by atoms with Gasteiger partial charge in [0, 0.05) is 28.4 Å². The lowest BCUT2D eigenvalue weighted by molar-refractivity contribution is 0.0838. The molecule has 0 saturated heterocycles. The van der Waals surface area contributed by atoms with Gasteiger partial charge in [-0.3, -0.25) is 4.79 Å². The van der Waals surface area contributed by atoms with Crippen molar-refractivity contribution in [2.24, 2.45) is 0 Å². The molecule has 1 aromatic heterocycles. The molecule has 21 heavy (non-hydrogen) atoms. The zero-order valence-corrected chi connectivity index (χ0v) is 14.0. The molecule has 0 aliphatic heterocycles. The Morgan fingerprint density at radius 3 is 2.71 bits per heavy atom. The molecule has 6 heteroatoms. The van der Waals surface area contributed by atoms with Gasteiger partial charge in [0.15, 0.2) is 0 Å². The molecule has 1 amide bonds. The summed E-state index contributed by atoms with van der Waals surface area (Å²) in [7, 11) is 1.62. The van der Waals surface area contributed by atoms with E-state index in [1.54, 1.807) is 36.6 Å². The number of methoxy groups -OCH3 is 1. The van der Waals surface area contributed by atoms with E-state index in [-0.39, 0.29) is 12.0 Å². The largest absolute Gasteiger partial charge is 0.374 e. The first-order chi connectivity index (χ1) is 10.0. The second kappa shape index (κ2) is 7.27. The number of carbonyl (C=O) groups is 1. The fraction of sp³-hybridized carbons (Fsp3) is 0.267. The Balaban J connectivity index is 2.04. The lowest BCUT2D eigenvalue weighted by Crippen LogP contribution is -2.29. The number of aryl methyl sites for hydroxylation is 1. The van der Waals surface area contributed by atoms with Crippen molar-refractivity contribution < 1.29 is 9.53 Å². The Hall–Kier alpha value is -1.07. The Kier molecular flexibility index (Phi) is 5.65. The van der Waals surface area contributed by atoms with Gasteiger partial charge in [0.2, 0.25) is 0 Å². The number of hydrogen-bond acceptors (Lipinski definition) is 3. The maximum absolute atomic E-state index is 12.2. The Labute approximate surface area is 137 Å². The second-order valence-electron chi connectivity index (χ2n) is 4.51. The molecule has 0 radical (unpaired) electrons. The quantitative estimate of drug-likeness (QED) is 0.868. The van der Waals surface area contributed by atoms with Crippen LogP contribution in [-0.4, -0.2) is 19.6 Å². The highest BCUT2D eigenvalue weighted by molar-refractivity contribution is 7.12. The van der Waals surface area contributed by atoms with E-state index >= 15 is 0 Å². The van der Waals surface area contributed by atoms with Gasteiger partial charge >= 0.3 is 0 Å².